The lowest BCUT2D eigenvalue weighted by molar-refractivity contribution is -0.388. The maximum atomic E-state index is 13.0. The highest BCUT2D eigenvalue weighted by molar-refractivity contribution is 5.37. The summed E-state index contributed by atoms with van der Waals surface area (Å²) in [6.45, 7) is 0. The van der Waals surface area contributed by atoms with Gasteiger partial charge in [-0.3, -0.25) is 10.1 Å². The Morgan fingerprint density at radius 1 is 1.35 bits per heavy atom. The average molecular weight is 260 g/mol. The summed E-state index contributed by atoms with van der Waals surface area (Å²) in [5, 5.41) is 10.2. The first-order valence-electron chi connectivity index (χ1n) is 3.84. The van der Waals surface area contributed by atoms with Crippen LogP contribution >= 0.6 is 0 Å². The molecule has 0 amide bonds. The van der Waals surface area contributed by atoms with Gasteiger partial charge < -0.3 is 0 Å². The molecule has 0 N–H and O–H groups in total. The van der Waals surface area contributed by atoms with Crippen molar-refractivity contribution >= 4 is 5.69 Å². The molecule has 0 fully saturated rings. The molecule has 0 saturated carbocycles. The van der Waals surface area contributed by atoms with Crippen LogP contribution in [-0.2, 0) is 6.18 Å². The van der Waals surface area contributed by atoms with E-state index in [0.717, 1.165) is 0 Å². The summed E-state index contributed by atoms with van der Waals surface area (Å²) >= 11 is 0. The van der Waals surface area contributed by atoms with Crippen LogP contribution in [-0.4, -0.2) is 9.91 Å². The van der Waals surface area contributed by atoms with E-state index in [-0.39, 0.29) is 6.07 Å². The molecule has 10 heteroatoms. The van der Waals surface area contributed by atoms with Crippen molar-refractivity contribution in [3.63, 3.8) is 0 Å². The number of pyridine rings is 1. The molecule has 0 atom stereocenters. The lowest BCUT2D eigenvalue weighted by Gasteiger charge is -2.08. The summed E-state index contributed by atoms with van der Waals surface area (Å²) < 4.78 is 73.7. The zero-order valence-corrected chi connectivity index (χ0v) is 7.63. The molecule has 0 unspecified atom stereocenters. The maximum Gasteiger partial charge on any atom is 0.433 e. The van der Waals surface area contributed by atoms with Crippen molar-refractivity contribution in [1.29, 1.82) is 0 Å². The van der Waals surface area contributed by atoms with Crippen molar-refractivity contribution in [2.24, 2.45) is 0 Å². The number of hydrogen-bond donors (Lipinski definition) is 0. The summed E-state index contributed by atoms with van der Waals surface area (Å²) in [6, 6.07) is -0.235. The van der Waals surface area contributed by atoms with Crippen molar-refractivity contribution < 1.29 is 31.3 Å². The molecule has 1 rings (SSSR count). The Kier molecular flexibility index (Phi) is 3.25. The van der Waals surface area contributed by atoms with Gasteiger partial charge in [0.15, 0.2) is 5.69 Å². The van der Waals surface area contributed by atoms with Gasteiger partial charge in [-0.25, -0.2) is 13.8 Å². The third-order valence-corrected chi connectivity index (χ3v) is 1.66. The largest absolute Gasteiger partial charge is 0.433 e. The minimum atomic E-state index is -5.18. The summed E-state index contributed by atoms with van der Waals surface area (Å²) in [6.07, 6.45) is -8.86. The highest BCUT2D eigenvalue weighted by Gasteiger charge is 2.38. The van der Waals surface area contributed by atoms with Crippen LogP contribution in [0.25, 0.3) is 0 Å². The normalized spacial score (nSPS) is 11.9. The Morgan fingerprint density at radius 3 is 2.24 bits per heavy atom. The van der Waals surface area contributed by atoms with Crippen molar-refractivity contribution in [2.75, 3.05) is 0 Å². The minimum absolute atomic E-state index is 0.235. The van der Waals surface area contributed by atoms with E-state index in [1.165, 1.54) is 0 Å². The Morgan fingerprint density at radius 2 is 1.88 bits per heavy atom. The number of hydrogen-bond acceptors (Lipinski definition) is 3. The second-order valence-electron chi connectivity index (χ2n) is 2.78. The Balaban J connectivity index is 3.53. The molecule has 0 radical (unpaired) electrons. The fourth-order valence-corrected chi connectivity index (χ4v) is 0.958. The van der Waals surface area contributed by atoms with Gasteiger partial charge in [0.25, 0.3) is 6.43 Å². The van der Waals surface area contributed by atoms with Crippen LogP contribution in [0.4, 0.5) is 32.0 Å². The first-order chi connectivity index (χ1) is 7.64. The summed E-state index contributed by atoms with van der Waals surface area (Å²) in [7, 11) is 0. The maximum absolute atomic E-state index is 13.0. The average Bonchev–Trinajstić information content (AvgIpc) is 2.14. The van der Waals surface area contributed by atoms with Gasteiger partial charge in [-0.15, -0.1) is 0 Å². The molecule has 1 aromatic heterocycles. The van der Waals surface area contributed by atoms with E-state index in [1.54, 1.807) is 0 Å². The zero-order valence-electron chi connectivity index (χ0n) is 7.63. The molecule has 0 aliphatic heterocycles. The van der Waals surface area contributed by atoms with Crippen LogP contribution in [0.15, 0.2) is 6.07 Å². The SMILES string of the molecule is O=[N+]([O-])c1cc(C(F)(F)F)nc(C(F)F)c1F. The molecule has 4 nitrogen and oxygen atoms in total. The zero-order chi connectivity index (χ0) is 13.4. The van der Waals surface area contributed by atoms with Gasteiger partial charge in [0, 0.05) is 0 Å². The van der Waals surface area contributed by atoms with E-state index >= 15 is 0 Å². The van der Waals surface area contributed by atoms with Crippen LogP contribution in [0, 0.1) is 15.9 Å². The van der Waals surface area contributed by atoms with Crippen LogP contribution in [0.3, 0.4) is 0 Å². The third-order valence-electron chi connectivity index (χ3n) is 1.66. The first-order valence-corrected chi connectivity index (χ1v) is 3.84. The number of halogens is 6. The van der Waals surface area contributed by atoms with Gasteiger partial charge in [-0.1, -0.05) is 0 Å². The second-order valence-corrected chi connectivity index (χ2v) is 2.78. The Hall–Kier alpha value is -1.87. The van der Waals surface area contributed by atoms with E-state index < -0.39 is 40.4 Å². The number of alkyl halides is 5. The predicted molar refractivity (Wildman–Crippen MR) is 40.8 cm³/mol. The second kappa shape index (κ2) is 4.18. The molecule has 17 heavy (non-hydrogen) atoms. The monoisotopic (exact) mass is 260 g/mol. The Labute approximate surface area is 89.0 Å². The molecule has 0 saturated heterocycles. The molecular weight excluding hydrogens is 258 g/mol. The van der Waals surface area contributed by atoms with Crippen molar-refractivity contribution in [2.45, 2.75) is 12.6 Å². The number of nitrogens with zero attached hydrogens (tertiary/aromatic N) is 2. The van der Waals surface area contributed by atoms with E-state index in [9.17, 15) is 36.5 Å². The fourth-order valence-electron chi connectivity index (χ4n) is 0.958. The molecule has 0 aromatic carbocycles. The topological polar surface area (TPSA) is 56.0 Å². The van der Waals surface area contributed by atoms with E-state index in [2.05, 4.69) is 4.98 Å². The van der Waals surface area contributed by atoms with Gasteiger partial charge in [-0.2, -0.15) is 17.6 Å². The van der Waals surface area contributed by atoms with Crippen molar-refractivity contribution in [3.05, 3.63) is 33.4 Å². The molecule has 1 aromatic rings. The summed E-state index contributed by atoms with van der Waals surface area (Å²) in [4.78, 5) is 11.0. The smallest absolute Gasteiger partial charge is 0.258 e. The molecular formula is C7H2F6N2O2. The van der Waals surface area contributed by atoms with Gasteiger partial charge in [0.05, 0.1) is 11.0 Å². The molecule has 94 valence electrons. The quantitative estimate of drug-likeness (QED) is 0.466. The highest BCUT2D eigenvalue weighted by atomic mass is 19.4. The van der Waals surface area contributed by atoms with Gasteiger partial charge in [0.1, 0.15) is 5.69 Å². The van der Waals surface area contributed by atoms with Crippen LogP contribution in [0.2, 0.25) is 0 Å². The number of rotatable bonds is 2. The number of aromatic nitrogens is 1. The van der Waals surface area contributed by atoms with Crippen LogP contribution < -0.4 is 0 Å². The third kappa shape index (κ3) is 2.63. The van der Waals surface area contributed by atoms with E-state index in [4.69, 9.17) is 0 Å². The highest BCUT2D eigenvalue weighted by Crippen LogP contribution is 2.34. The molecule has 1 heterocycles. The van der Waals surface area contributed by atoms with E-state index in [0.29, 0.717) is 0 Å². The molecule has 0 aliphatic rings. The molecule has 0 aliphatic carbocycles. The standard InChI is InChI=1S/C7H2F6N2O2/c8-4-2(15(16)17)1-3(7(11,12)13)14-5(4)6(9)10/h1,6H. The molecule has 0 bridgehead atoms. The number of nitro groups is 1. The van der Waals surface area contributed by atoms with Crippen molar-refractivity contribution in [1.82, 2.24) is 4.98 Å². The van der Waals surface area contributed by atoms with Gasteiger partial charge in [-0.05, 0) is 0 Å². The predicted octanol–water partition coefficient (Wildman–Crippen LogP) is 3.09. The van der Waals surface area contributed by atoms with E-state index in [1.807, 2.05) is 0 Å². The van der Waals surface area contributed by atoms with Crippen molar-refractivity contribution in [3.8, 4) is 0 Å². The summed E-state index contributed by atoms with van der Waals surface area (Å²) in [5.74, 6) is -2.07. The fraction of sp³-hybridized carbons (Fsp3) is 0.286. The van der Waals surface area contributed by atoms with Crippen LogP contribution in [0.1, 0.15) is 17.8 Å². The lowest BCUT2D eigenvalue weighted by Crippen LogP contribution is -2.13. The van der Waals surface area contributed by atoms with Gasteiger partial charge in [0.2, 0.25) is 5.82 Å². The summed E-state index contributed by atoms with van der Waals surface area (Å²) in [5.41, 5.74) is -5.53. The van der Waals surface area contributed by atoms with Gasteiger partial charge >= 0.3 is 11.9 Å². The Bertz CT molecular complexity index is 458. The minimum Gasteiger partial charge on any atom is -0.258 e. The lowest BCUT2D eigenvalue weighted by atomic mass is 10.2. The van der Waals surface area contributed by atoms with Crippen LogP contribution in [0.5, 0.6) is 0 Å². The first kappa shape index (κ1) is 13.2. The molecule has 0 spiro atoms.